The van der Waals surface area contributed by atoms with E-state index in [0.29, 0.717) is 5.56 Å². The van der Waals surface area contributed by atoms with Gasteiger partial charge in [-0.25, -0.2) is 4.98 Å². The fourth-order valence-corrected chi connectivity index (χ4v) is 1.83. The first kappa shape index (κ1) is 9.02. The summed E-state index contributed by atoms with van der Waals surface area (Å²) in [5.74, 6) is 0. The Kier molecular flexibility index (Phi) is 2.65. The number of thiazole rings is 1. The molecule has 2 aromatic rings. The van der Waals surface area contributed by atoms with Crippen molar-refractivity contribution in [2.45, 2.75) is 6.42 Å². The highest BCUT2D eigenvalue weighted by Gasteiger charge is 1.99. The Hall–Kier alpha value is -1.55. The summed E-state index contributed by atoms with van der Waals surface area (Å²) >= 11 is 1.60. The van der Waals surface area contributed by atoms with Crippen LogP contribution in [0.5, 0.6) is 0 Å². The van der Waals surface area contributed by atoms with Gasteiger partial charge in [-0.3, -0.25) is 9.78 Å². The summed E-state index contributed by atoms with van der Waals surface area (Å²) in [6, 6.07) is 1.83. The minimum atomic E-state index is 0.610. The second-order valence-electron chi connectivity index (χ2n) is 2.85. The third-order valence-electron chi connectivity index (χ3n) is 1.79. The van der Waals surface area contributed by atoms with E-state index in [9.17, 15) is 4.79 Å². The van der Waals surface area contributed by atoms with E-state index in [-0.39, 0.29) is 0 Å². The Bertz CT molecular complexity index is 425. The zero-order valence-corrected chi connectivity index (χ0v) is 8.20. The first-order valence-corrected chi connectivity index (χ1v) is 5.04. The van der Waals surface area contributed by atoms with E-state index >= 15 is 0 Å². The fourth-order valence-electron chi connectivity index (χ4n) is 1.18. The number of aldehydes is 1. The van der Waals surface area contributed by atoms with Gasteiger partial charge in [-0.2, -0.15) is 0 Å². The molecule has 0 aromatic carbocycles. The first-order chi connectivity index (χ1) is 6.88. The lowest BCUT2D eigenvalue weighted by molar-refractivity contribution is 0.112. The van der Waals surface area contributed by atoms with Gasteiger partial charge in [0.1, 0.15) is 0 Å². The normalized spacial score (nSPS) is 10.0. The van der Waals surface area contributed by atoms with Crippen LogP contribution in [0.2, 0.25) is 0 Å². The molecule has 2 rings (SSSR count). The lowest BCUT2D eigenvalue weighted by Crippen LogP contribution is -1.91. The quantitative estimate of drug-likeness (QED) is 0.717. The Morgan fingerprint density at radius 3 is 3.07 bits per heavy atom. The minimum absolute atomic E-state index is 0.610. The molecular weight excluding hydrogens is 196 g/mol. The molecule has 0 aliphatic heterocycles. The number of rotatable bonds is 3. The standard InChI is InChI=1S/C10H8N2OS/c13-7-9-3-8(5-11-6-9)4-10-12-1-2-14-10/h1-3,5-7H,4H2. The molecule has 0 bridgehead atoms. The van der Waals surface area contributed by atoms with Crippen molar-refractivity contribution in [3.63, 3.8) is 0 Å². The monoisotopic (exact) mass is 204 g/mol. The molecule has 0 fully saturated rings. The maximum atomic E-state index is 10.5. The number of hydrogen-bond acceptors (Lipinski definition) is 4. The van der Waals surface area contributed by atoms with Gasteiger partial charge in [0, 0.05) is 36.0 Å². The highest BCUT2D eigenvalue weighted by molar-refractivity contribution is 7.09. The molecule has 2 aromatic heterocycles. The molecule has 0 saturated heterocycles. The van der Waals surface area contributed by atoms with Crippen LogP contribution in [0.15, 0.2) is 30.0 Å². The molecular formula is C10H8N2OS. The average molecular weight is 204 g/mol. The van der Waals surface area contributed by atoms with Crippen LogP contribution < -0.4 is 0 Å². The van der Waals surface area contributed by atoms with Crippen molar-refractivity contribution in [1.82, 2.24) is 9.97 Å². The predicted octanol–water partition coefficient (Wildman–Crippen LogP) is 1.94. The summed E-state index contributed by atoms with van der Waals surface area (Å²) < 4.78 is 0. The topological polar surface area (TPSA) is 42.9 Å². The molecule has 0 aliphatic carbocycles. The lowest BCUT2D eigenvalue weighted by atomic mass is 10.2. The Balaban J connectivity index is 2.21. The van der Waals surface area contributed by atoms with Crippen molar-refractivity contribution in [3.05, 3.63) is 46.2 Å². The van der Waals surface area contributed by atoms with E-state index in [0.717, 1.165) is 23.3 Å². The van der Waals surface area contributed by atoms with Crippen LogP contribution in [-0.2, 0) is 6.42 Å². The van der Waals surface area contributed by atoms with Gasteiger partial charge in [0.15, 0.2) is 6.29 Å². The summed E-state index contributed by atoms with van der Waals surface area (Å²) in [5, 5.41) is 2.97. The van der Waals surface area contributed by atoms with Crippen LogP contribution >= 0.6 is 11.3 Å². The van der Waals surface area contributed by atoms with Crippen LogP contribution in [0.25, 0.3) is 0 Å². The number of hydrogen-bond donors (Lipinski definition) is 0. The van der Waals surface area contributed by atoms with Crippen molar-refractivity contribution >= 4 is 17.6 Å². The summed E-state index contributed by atoms with van der Waals surface area (Å²) in [4.78, 5) is 18.7. The molecule has 0 aliphatic rings. The molecule has 0 amide bonds. The molecule has 14 heavy (non-hydrogen) atoms. The molecule has 0 atom stereocenters. The maximum Gasteiger partial charge on any atom is 0.151 e. The molecule has 2 heterocycles. The third kappa shape index (κ3) is 2.03. The van der Waals surface area contributed by atoms with Crippen molar-refractivity contribution in [3.8, 4) is 0 Å². The summed E-state index contributed by atoms with van der Waals surface area (Å²) in [6.45, 7) is 0. The van der Waals surface area contributed by atoms with E-state index < -0.39 is 0 Å². The second-order valence-corrected chi connectivity index (χ2v) is 3.83. The van der Waals surface area contributed by atoms with Crippen molar-refractivity contribution in [1.29, 1.82) is 0 Å². The smallest absolute Gasteiger partial charge is 0.151 e. The third-order valence-corrected chi connectivity index (χ3v) is 2.57. The molecule has 70 valence electrons. The Morgan fingerprint density at radius 2 is 2.36 bits per heavy atom. The summed E-state index contributed by atoms with van der Waals surface area (Å²) in [7, 11) is 0. The largest absolute Gasteiger partial charge is 0.298 e. The lowest BCUT2D eigenvalue weighted by Gasteiger charge is -1.97. The van der Waals surface area contributed by atoms with E-state index in [1.807, 2.05) is 11.4 Å². The van der Waals surface area contributed by atoms with Gasteiger partial charge >= 0.3 is 0 Å². The van der Waals surface area contributed by atoms with E-state index in [4.69, 9.17) is 0 Å². The predicted molar refractivity (Wildman–Crippen MR) is 54.5 cm³/mol. The van der Waals surface area contributed by atoms with Gasteiger partial charge in [-0.1, -0.05) is 0 Å². The first-order valence-electron chi connectivity index (χ1n) is 4.16. The highest BCUT2D eigenvalue weighted by atomic mass is 32.1. The number of nitrogens with zero attached hydrogens (tertiary/aromatic N) is 2. The van der Waals surface area contributed by atoms with Crippen LogP contribution in [-0.4, -0.2) is 16.3 Å². The van der Waals surface area contributed by atoms with E-state index in [2.05, 4.69) is 9.97 Å². The Labute approximate surface area is 85.5 Å². The minimum Gasteiger partial charge on any atom is -0.298 e. The molecule has 0 radical (unpaired) electrons. The fraction of sp³-hybridized carbons (Fsp3) is 0.100. The van der Waals surface area contributed by atoms with Gasteiger partial charge in [0.05, 0.1) is 5.01 Å². The number of carbonyl (C=O) groups is 1. The van der Waals surface area contributed by atoms with Crippen LogP contribution in [0.3, 0.4) is 0 Å². The van der Waals surface area contributed by atoms with Crippen molar-refractivity contribution in [2.24, 2.45) is 0 Å². The van der Waals surface area contributed by atoms with Gasteiger partial charge < -0.3 is 0 Å². The van der Waals surface area contributed by atoms with Crippen LogP contribution in [0.1, 0.15) is 20.9 Å². The molecule has 0 N–H and O–H groups in total. The van der Waals surface area contributed by atoms with Gasteiger partial charge in [0.2, 0.25) is 0 Å². The molecule has 0 saturated carbocycles. The number of aromatic nitrogens is 2. The Morgan fingerprint density at radius 1 is 1.43 bits per heavy atom. The van der Waals surface area contributed by atoms with Crippen LogP contribution in [0.4, 0.5) is 0 Å². The van der Waals surface area contributed by atoms with Gasteiger partial charge in [-0.05, 0) is 11.6 Å². The highest BCUT2D eigenvalue weighted by Crippen LogP contribution is 2.11. The van der Waals surface area contributed by atoms with Crippen molar-refractivity contribution in [2.75, 3.05) is 0 Å². The molecule has 0 spiro atoms. The number of pyridine rings is 1. The summed E-state index contributed by atoms with van der Waals surface area (Å²) in [5.41, 5.74) is 1.63. The SMILES string of the molecule is O=Cc1cncc(Cc2nccs2)c1. The average Bonchev–Trinajstić information content (AvgIpc) is 2.71. The zero-order chi connectivity index (χ0) is 9.80. The molecule has 0 unspecified atom stereocenters. The maximum absolute atomic E-state index is 10.5. The van der Waals surface area contributed by atoms with Gasteiger partial charge in [0.25, 0.3) is 0 Å². The number of carbonyl (C=O) groups excluding carboxylic acids is 1. The van der Waals surface area contributed by atoms with Crippen LogP contribution in [0, 0.1) is 0 Å². The summed E-state index contributed by atoms with van der Waals surface area (Å²) in [6.07, 6.45) is 6.63. The molecule has 4 heteroatoms. The van der Waals surface area contributed by atoms with E-state index in [1.54, 1.807) is 29.9 Å². The van der Waals surface area contributed by atoms with Gasteiger partial charge in [-0.15, -0.1) is 11.3 Å². The van der Waals surface area contributed by atoms with E-state index in [1.165, 1.54) is 0 Å². The van der Waals surface area contributed by atoms with Crippen molar-refractivity contribution < 1.29 is 4.79 Å². The zero-order valence-electron chi connectivity index (χ0n) is 7.38. The molecule has 3 nitrogen and oxygen atoms in total. The second kappa shape index (κ2) is 4.11.